The molecule has 18 heavy (non-hydrogen) atoms. The molecule has 0 saturated heterocycles. The van der Waals surface area contributed by atoms with Crippen molar-refractivity contribution in [1.82, 2.24) is 4.90 Å². The molecule has 0 atom stereocenters. The van der Waals surface area contributed by atoms with Crippen LogP contribution in [0.15, 0.2) is 23.3 Å². The van der Waals surface area contributed by atoms with Crippen molar-refractivity contribution in [2.45, 2.75) is 6.42 Å². The molecule has 0 unspecified atom stereocenters. The van der Waals surface area contributed by atoms with Gasteiger partial charge in [-0.05, 0) is 66.3 Å². The van der Waals surface area contributed by atoms with Crippen molar-refractivity contribution in [2.24, 2.45) is 5.11 Å². The molecule has 98 valence electrons. The van der Waals surface area contributed by atoms with Crippen molar-refractivity contribution in [3.63, 3.8) is 0 Å². The van der Waals surface area contributed by atoms with Gasteiger partial charge in [0.05, 0.1) is 3.57 Å². The monoisotopic (exact) mass is 360 g/mol. The molecule has 1 rings (SSSR count). The molecule has 0 fully saturated rings. The first kappa shape index (κ1) is 15.1. The fraction of sp³-hybridized carbons (Fsp3) is 0.500. The second kappa shape index (κ2) is 8.18. The topological polar surface area (TPSA) is 61.2 Å². The highest BCUT2D eigenvalue weighted by molar-refractivity contribution is 14.1. The Morgan fingerprint density at radius 2 is 2.22 bits per heavy atom. The minimum Gasteiger partial charge on any atom is -0.491 e. The third-order valence-electron chi connectivity index (χ3n) is 2.36. The lowest BCUT2D eigenvalue weighted by molar-refractivity contribution is 0.260. The van der Waals surface area contributed by atoms with Gasteiger partial charge in [0.1, 0.15) is 12.4 Å². The summed E-state index contributed by atoms with van der Waals surface area (Å²) in [5.74, 6) is 0.907. The Morgan fingerprint density at radius 3 is 2.83 bits per heavy atom. The predicted octanol–water partition coefficient (Wildman–Crippen LogP) is 3.08. The average Bonchev–Trinajstić information content (AvgIpc) is 2.32. The number of benzene rings is 1. The van der Waals surface area contributed by atoms with Gasteiger partial charge in [-0.3, -0.25) is 0 Å². The van der Waals surface area contributed by atoms with Crippen LogP contribution in [0, 0.1) is 3.57 Å². The fourth-order valence-electron chi connectivity index (χ4n) is 1.38. The third kappa shape index (κ3) is 5.57. The summed E-state index contributed by atoms with van der Waals surface area (Å²) in [7, 11) is 4.04. The number of rotatable bonds is 7. The van der Waals surface area contributed by atoms with Crippen molar-refractivity contribution in [2.75, 3.05) is 33.8 Å². The first-order valence-corrected chi connectivity index (χ1v) is 6.78. The molecule has 5 nitrogen and oxygen atoms in total. The fourth-order valence-corrected chi connectivity index (χ4v) is 2.11. The van der Waals surface area contributed by atoms with Crippen LogP contribution in [0.1, 0.15) is 5.56 Å². The van der Waals surface area contributed by atoms with Gasteiger partial charge in [-0.25, -0.2) is 0 Å². The molecular formula is C12H17IN4O. The van der Waals surface area contributed by atoms with E-state index in [1.807, 2.05) is 26.2 Å². The molecule has 0 aliphatic heterocycles. The maximum absolute atomic E-state index is 8.22. The first-order valence-electron chi connectivity index (χ1n) is 5.70. The molecule has 0 spiro atoms. The summed E-state index contributed by atoms with van der Waals surface area (Å²) in [6.07, 6.45) is 0.762. The highest BCUT2D eigenvalue weighted by Gasteiger charge is 2.02. The van der Waals surface area contributed by atoms with E-state index in [2.05, 4.69) is 43.6 Å². The molecule has 0 heterocycles. The third-order valence-corrected chi connectivity index (χ3v) is 3.20. The van der Waals surface area contributed by atoms with E-state index in [9.17, 15) is 0 Å². The van der Waals surface area contributed by atoms with Gasteiger partial charge >= 0.3 is 0 Å². The Kier molecular flexibility index (Phi) is 6.85. The summed E-state index contributed by atoms with van der Waals surface area (Å²) in [4.78, 5) is 4.83. The summed E-state index contributed by atoms with van der Waals surface area (Å²) < 4.78 is 6.78. The van der Waals surface area contributed by atoms with E-state index in [1.165, 1.54) is 0 Å². The summed E-state index contributed by atoms with van der Waals surface area (Å²) >= 11 is 2.26. The molecule has 0 bridgehead atoms. The number of hydrogen-bond donors (Lipinski definition) is 0. The number of halogens is 1. The van der Waals surface area contributed by atoms with Crippen LogP contribution in [-0.4, -0.2) is 38.7 Å². The maximum atomic E-state index is 8.22. The van der Waals surface area contributed by atoms with Crippen LogP contribution in [0.3, 0.4) is 0 Å². The Morgan fingerprint density at radius 1 is 1.44 bits per heavy atom. The zero-order valence-electron chi connectivity index (χ0n) is 10.6. The van der Waals surface area contributed by atoms with Crippen molar-refractivity contribution in [1.29, 1.82) is 0 Å². The van der Waals surface area contributed by atoms with Crippen molar-refractivity contribution < 1.29 is 4.74 Å². The molecule has 0 amide bonds. The van der Waals surface area contributed by atoms with Gasteiger partial charge in [-0.15, -0.1) is 0 Å². The first-order chi connectivity index (χ1) is 8.63. The minimum absolute atomic E-state index is 0.493. The Balaban J connectivity index is 2.53. The van der Waals surface area contributed by atoms with Gasteiger partial charge in [-0.2, -0.15) is 0 Å². The zero-order valence-corrected chi connectivity index (χ0v) is 12.8. The summed E-state index contributed by atoms with van der Waals surface area (Å²) in [6.45, 7) is 2.07. The Hall–Kier alpha value is -0.980. The van der Waals surface area contributed by atoms with E-state index >= 15 is 0 Å². The Bertz CT molecular complexity index is 430. The van der Waals surface area contributed by atoms with Gasteiger partial charge < -0.3 is 9.64 Å². The van der Waals surface area contributed by atoms with E-state index in [1.54, 1.807) is 0 Å². The molecule has 0 N–H and O–H groups in total. The second-order valence-corrected chi connectivity index (χ2v) is 5.28. The molecule has 0 aliphatic carbocycles. The standard InChI is InChI=1S/C12H17IN4O/c1-17(2)7-8-18-12-4-3-10(9-11(12)13)5-6-15-16-14/h3-4,9H,5-8H2,1-2H3. The number of hydrogen-bond acceptors (Lipinski definition) is 3. The lowest BCUT2D eigenvalue weighted by Gasteiger charge is -2.12. The highest BCUT2D eigenvalue weighted by atomic mass is 127. The second-order valence-electron chi connectivity index (χ2n) is 4.12. The van der Waals surface area contributed by atoms with E-state index in [0.29, 0.717) is 13.2 Å². The maximum Gasteiger partial charge on any atom is 0.132 e. The highest BCUT2D eigenvalue weighted by Crippen LogP contribution is 2.22. The van der Waals surface area contributed by atoms with E-state index in [4.69, 9.17) is 10.3 Å². The normalized spacial score (nSPS) is 10.2. The van der Waals surface area contributed by atoms with E-state index < -0.39 is 0 Å². The van der Waals surface area contributed by atoms with Crippen molar-refractivity contribution in [3.05, 3.63) is 37.8 Å². The average molecular weight is 360 g/mol. The molecular weight excluding hydrogens is 343 g/mol. The SMILES string of the molecule is CN(C)CCOc1ccc(CCN=[N+]=[N-])cc1I. The van der Waals surface area contributed by atoms with Gasteiger partial charge in [-0.1, -0.05) is 11.2 Å². The van der Waals surface area contributed by atoms with Crippen LogP contribution >= 0.6 is 22.6 Å². The van der Waals surface area contributed by atoms with Crippen LogP contribution in [0.4, 0.5) is 0 Å². The molecule has 0 saturated carbocycles. The lowest BCUT2D eigenvalue weighted by Crippen LogP contribution is -2.19. The number of ether oxygens (including phenoxy) is 1. The number of likely N-dealkylation sites (N-methyl/N-ethyl adjacent to an activating group) is 1. The van der Waals surface area contributed by atoms with E-state index in [0.717, 1.165) is 27.8 Å². The number of nitrogens with zero attached hydrogens (tertiary/aromatic N) is 4. The van der Waals surface area contributed by atoms with Gasteiger partial charge in [0.15, 0.2) is 0 Å². The van der Waals surface area contributed by atoms with Crippen molar-refractivity contribution in [3.8, 4) is 5.75 Å². The summed E-state index contributed by atoms with van der Waals surface area (Å²) in [6, 6.07) is 6.06. The van der Waals surface area contributed by atoms with Crippen LogP contribution in [0.25, 0.3) is 10.4 Å². The number of azide groups is 1. The van der Waals surface area contributed by atoms with Gasteiger partial charge in [0.25, 0.3) is 0 Å². The molecule has 0 radical (unpaired) electrons. The van der Waals surface area contributed by atoms with Crippen LogP contribution < -0.4 is 4.74 Å². The van der Waals surface area contributed by atoms with Crippen molar-refractivity contribution >= 4 is 22.6 Å². The van der Waals surface area contributed by atoms with Crippen LogP contribution in [0.2, 0.25) is 0 Å². The van der Waals surface area contributed by atoms with Gasteiger partial charge in [0, 0.05) is 18.0 Å². The smallest absolute Gasteiger partial charge is 0.132 e. The Labute approximate surface area is 121 Å². The quantitative estimate of drug-likeness (QED) is 0.325. The largest absolute Gasteiger partial charge is 0.491 e. The van der Waals surface area contributed by atoms with E-state index in [-0.39, 0.29) is 0 Å². The van der Waals surface area contributed by atoms with Crippen LogP contribution in [-0.2, 0) is 6.42 Å². The molecule has 0 aliphatic rings. The molecule has 0 aromatic heterocycles. The van der Waals surface area contributed by atoms with Crippen LogP contribution in [0.5, 0.6) is 5.75 Å². The molecule has 6 heteroatoms. The minimum atomic E-state index is 0.493. The lowest BCUT2D eigenvalue weighted by atomic mass is 10.1. The summed E-state index contributed by atoms with van der Waals surface area (Å²) in [5.41, 5.74) is 9.38. The predicted molar refractivity (Wildman–Crippen MR) is 80.9 cm³/mol. The van der Waals surface area contributed by atoms with Gasteiger partial charge in [0.2, 0.25) is 0 Å². The molecule has 1 aromatic rings. The molecule has 1 aromatic carbocycles. The summed E-state index contributed by atoms with van der Waals surface area (Å²) in [5, 5.41) is 3.53. The zero-order chi connectivity index (χ0) is 13.4.